The zero-order chi connectivity index (χ0) is 12.7. The van der Waals surface area contributed by atoms with Crippen LogP contribution in [0.15, 0.2) is 31.2 Å². The average Bonchev–Trinajstić information content (AvgIpc) is 2.65. The van der Waals surface area contributed by atoms with Crippen molar-refractivity contribution in [2.24, 2.45) is 43.3 Å². The lowest BCUT2D eigenvalue weighted by Gasteiger charge is -1.89. The van der Waals surface area contributed by atoms with Crippen molar-refractivity contribution in [1.29, 1.82) is 0 Å². The standard InChI is InChI=1S/C8H12N8S/c9-7(10)15-13-1-5-3-17-4-6(5)2-14-16-8(11)12/h1-4H,(H4,9,10,15)(H4,11,12,16)/b13-1+,14-2+. The highest BCUT2D eigenvalue weighted by Gasteiger charge is 1.97. The summed E-state index contributed by atoms with van der Waals surface area (Å²) in [5.74, 6) is -0.209. The third kappa shape index (κ3) is 4.75. The van der Waals surface area contributed by atoms with Crippen molar-refractivity contribution in [2.45, 2.75) is 0 Å². The minimum Gasteiger partial charge on any atom is -0.369 e. The van der Waals surface area contributed by atoms with Crippen LogP contribution in [-0.4, -0.2) is 24.3 Å². The maximum absolute atomic E-state index is 5.13. The monoisotopic (exact) mass is 252 g/mol. The maximum atomic E-state index is 5.13. The molecule has 1 aromatic heterocycles. The fourth-order valence-corrected chi connectivity index (χ4v) is 1.60. The molecule has 0 atom stereocenters. The molecule has 0 bridgehead atoms. The fourth-order valence-electron chi connectivity index (χ4n) is 0.842. The zero-order valence-corrected chi connectivity index (χ0v) is 9.63. The quantitative estimate of drug-likeness (QED) is 0.307. The molecule has 0 saturated carbocycles. The normalized spacial score (nSPS) is 10.8. The summed E-state index contributed by atoms with van der Waals surface area (Å²) in [5.41, 5.74) is 22.1. The van der Waals surface area contributed by atoms with Crippen LogP contribution in [0, 0.1) is 0 Å². The second-order valence-electron chi connectivity index (χ2n) is 2.82. The van der Waals surface area contributed by atoms with Gasteiger partial charge in [0.2, 0.25) is 11.9 Å². The summed E-state index contributed by atoms with van der Waals surface area (Å²) in [5, 5.41) is 18.1. The van der Waals surface area contributed by atoms with Gasteiger partial charge in [-0.2, -0.15) is 21.5 Å². The highest BCUT2D eigenvalue weighted by molar-refractivity contribution is 7.08. The van der Waals surface area contributed by atoms with E-state index in [0.29, 0.717) is 0 Å². The molecule has 90 valence electrons. The van der Waals surface area contributed by atoms with Gasteiger partial charge >= 0.3 is 0 Å². The molecule has 1 heterocycles. The van der Waals surface area contributed by atoms with Crippen molar-refractivity contribution in [3.63, 3.8) is 0 Å². The van der Waals surface area contributed by atoms with Gasteiger partial charge in [-0.25, -0.2) is 0 Å². The molecule has 0 fully saturated rings. The van der Waals surface area contributed by atoms with E-state index in [-0.39, 0.29) is 11.9 Å². The van der Waals surface area contributed by atoms with Crippen LogP contribution < -0.4 is 22.9 Å². The molecular weight excluding hydrogens is 240 g/mol. The van der Waals surface area contributed by atoms with Gasteiger partial charge in [0.15, 0.2) is 0 Å². The van der Waals surface area contributed by atoms with Crippen molar-refractivity contribution in [2.75, 3.05) is 0 Å². The molecule has 8 nitrogen and oxygen atoms in total. The third-order valence-corrected chi connectivity index (χ3v) is 2.24. The number of thiophene rings is 1. The summed E-state index contributed by atoms with van der Waals surface area (Å²) in [6, 6.07) is 0. The summed E-state index contributed by atoms with van der Waals surface area (Å²) in [6.07, 6.45) is 3.01. The van der Waals surface area contributed by atoms with Gasteiger partial charge in [-0.05, 0) is 0 Å². The SMILES string of the molecule is NC(N)=N/N=C/c1cscc1/C=N/N=C(N)N. The topological polar surface area (TPSA) is 154 Å². The highest BCUT2D eigenvalue weighted by atomic mass is 32.1. The number of nitrogens with zero attached hydrogens (tertiary/aromatic N) is 4. The molecule has 0 radical (unpaired) electrons. The molecule has 17 heavy (non-hydrogen) atoms. The number of rotatable bonds is 4. The van der Waals surface area contributed by atoms with Crippen molar-refractivity contribution in [3.8, 4) is 0 Å². The number of hydrogen-bond acceptors (Lipinski definition) is 5. The van der Waals surface area contributed by atoms with Crippen molar-refractivity contribution in [1.82, 2.24) is 0 Å². The molecular formula is C8H12N8S. The van der Waals surface area contributed by atoms with Crippen LogP contribution in [0.2, 0.25) is 0 Å². The molecule has 1 rings (SSSR count). The zero-order valence-electron chi connectivity index (χ0n) is 8.82. The third-order valence-electron chi connectivity index (χ3n) is 1.46. The van der Waals surface area contributed by atoms with E-state index in [2.05, 4.69) is 20.4 Å². The van der Waals surface area contributed by atoms with Crippen LogP contribution in [0.3, 0.4) is 0 Å². The molecule has 0 spiro atoms. The van der Waals surface area contributed by atoms with E-state index in [0.717, 1.165) is 11.1 Å². The summed E-state index contributed by atoms with van der Waals surface area (Å²) >= 11 is 1.48. The van der Waals surface area contributed by atoms with Gasteiger partial charge in [-0.1, -0.05) is 0 Å². The Kier molecular flexibility index (Phi) is 4.63. The highest BCUT2D eigenvalue weighted by Crippen LogP contribution is 2.10. The lowest BCUT2D eigenvalue weighted by molar-refractivity contribution is 1.21. The first-order chi connectivity index (χ1) is 8.09. The van der Waals surface area contributed by atoms with E-state index in [9.17, 15) is 0 Å². The van der Waals surface area contributed by atoms with Gasteiger partial charge in [0.1, 0.15) is 0 Å². The predicted molar refractivity (Wildman–Crippen MR) is 71.1 cm³/mol. The number of guanidine groups is 2. The molecule has 0 amide bonds. The summed E-state index contributed by atoms with van der Waals surface area (Å²) in [4.78, 5) is 0. The van der Waals surface area contributed by atoms with Crippen LogP contribution in [0.5, 0.6) is 0 Å². The molecule has 0 saturated heterocycles. The van der Waals surface area contributed by atoms with Crippen LogP contribution in [0.4, 0.5) is 0 Å². The molecule has 0 aliphatic carbocycles. The Morgan fingerprint density at radius 3 is 1.65 bits per heavy atom. The lowest BCUT2D eigenvalue weighted by Crippen LogP contribution is -2.21. The van der Waals surface area contributed by atoms with Crippen LogP contribution in [-0.2, 0) is 0 Å². The number of nitrogens with two attached hydrogens (primary N) is 4. The van der Waals surface area contributed by atoms with Crippen molar-refractivity contribution >= 4 is 35.7 Å². The summed E-state index contributed by atoms with van der Waals surface area (Å²) < 4.78 is 0. The van der Waals surface area contributed by atoms with E-state index >= 15 is 0 Å². The Morgan fingerprint density at radius 2 is 1.29 bits per heavy atom. The Labute approximate surface area is 101 Å². The first-order valence-corrected chi connectivity index (χ1v) is 5.34. The minimum absolute atomic E-state index is 0.104. The van der Waals surface area contributed by atoms with Crippen molar-refractivity contribution < 1.29 is 0 Å². The molecule has 0 aliphatic rings. The van der Waals surface area contributed by atoms with Crippen LogP contribution in [0.1, 0.15) is 11.1 Å². The van der Waals surface area contributed by atoms with Gasteiger partial charge in [0, 0.05) is 21.9 Å². The lowest BCUT2D eigenvalue weighted by atomic mass is 10.2. The second-order valence-corrected chi connectivity index (χ2v) is 3.56. The van der Waals surface area contributed by atoms with E-state index in [4.69, 9.17) is 22.9 Å². The van der Waals surface area contributed by atoms with E-state index in [1.807, 2.05) is 10.8 Å². The Bertz CT molecular complexity index is 433. The number of hydrogen-bond donors (Lipinski definition) is 4. The van der Waals surface area contributed by atoms with Crippen molar-refractivity contribution in [3.05, 3.63) is 21.9 Å². The molecule has 0 aromatic carbocycles. The Hall–Kier alpha value is -2.42. The first-order valence-electron chi connectivity index (χ1n) is 4.39. The van der Waals surface area contributed by atoms with Gasteiger partial charge in [-0.3, -0.25) is 0 Å². The van der Waals surface area contributed by atoms with E-state index < -0.39 is 0 Å². The largest absolute Gasteiger partial charge is 0.369 e. The van der Waals surface area contributed by atoms with Gasteiger partial charge in [-0.15, -0.1) is 10.2 Å². The summed E-state index contributed by atoms with van der Waals surface area (Å²) in [7, 11) is 0. The molecule has 0 unspecified atom stereocenters. The molecule has 8 N–H and O–H groups in total. The first kappa shape index (κ1) is 12.6. The Balaban J connectivity index is 2.79. The van der Waals surface area contributed by atoms with Gasteiger partial charge < -0.3 is 22.9 Å². The van der Waals surface area contributed by atoms with Gasteiger partial charge in [0.05, 0.1) is 12.4 Å². The van der Waals surface area contributed by atoms with E-state index in [1.54, 1.807) is 0 Å². The Morgan fingerprint density at radius 1 is 0.882 bits per heavy atom. The van der Waals surface area contributed by atoms with Crippen LogP contribution in [0.25, 0.3) is 0 Å². The fraction of sp³-hybridized carbons (Fsp3) is 0. The van der Waals surface area contributed by atoms with Gasteiger partial charge in [0.25, 0.3) is 0 Å². The van der Waals surface area contributed by atoms with E-state index in [1.165, 1.54) is 23.8 Å². The smallest absolute Gasteiger partial charge is 0.211 e. The van der Waals surface area contributed by atoms with Crippen LogP contribution >= 0.6 is 11.3 Å². The molecule has 1 aromatic rings. The minimum atomic E-state index is -0.104. The molecule has 0 aliphatic heterocycles. The second kappa shape index (κ2) is 6.23. The average molecular weight is 252 g/mol. The maximum Gasteiger partial charge on any atom is 0.211 e. The molecule has 9 heteroatoms. The predicted octanol–water partition coefficient (Wildman–Crippen LogP) is -1.04. The summed E-state index contributed by atoms with van der Waals surface area (Å²) in [6.45, 7) is 0.